The van der Waals surface area contributed by atoms with Crippen LogP contribution >= 0.6 is 0 Å². The quantitative estimate of drug-likeness (QED) is 0.663. The third kappa shape index (κ3) is 2.19. The molecule has 1 atom stereocenters. The van der Waals surface area contributed by atoms with E-state index in [9.17, 15) is 4.79 Å². The largest absolute Gasteiger partial charge is 0.481 e. The average molecular weight is 157 g/mol. The summed E-state index contributed by atoms with van der Waals surface area (Å²) >= 11 is 0. The lowest BCUT2D eigenvalue weighted by Gasteiger charge is -2.20. The fourth-order valence-corrected chi connectivity index (χ4v) is 1.74. The second-order valence-electron chi connectivity index (χ2n) is 3.02. The highest BCUT2D eigenvalue weighted by Gasteiger charge is 2.24. The normalized spacial score (nSPS) is 25.7. The zero-order valence-corrected chi connectivity index (χ0v) is 6.92. The number of aliphatic carboxylic acids is 1. The van der Waals surface area contributed by atoms with Crippen molar-refractivity contribution in [3.8, 4) is 0 Å². The van der Waals surface area contributed by atoms with Gasteiger partial charge in [0.05, 0.1) is 6.42 Å². The molecule has 0 aromatic carbocycles. The maximum absolute atomic E-state index is 10.4. The molecule has 1 rings (SSSR count). The number of hydrogen-bond donors (Lipinski definition) is 1. The van der Waals surface area contributed by atoms with Crippen molar-refractivity contribution < 1.29 is 9.90 Å². The Bertz CT molecular complexity index is 147. The molecule has 1 fully saturated rings. The van der Waals surface area contributed by atoms with Crippen LogP contribution < -0.4 is 0 Å². The van der Waals surface area contributed by atoms with E-state index in [2.05, 4.69) is 11.8 Å². The molecule has 1 heterocycles. The molecule has 1 saturated heterocycles. The molecule has 0 aliphatic carbocycles. The van der Waals surface area contributed by atoms with Gasteiger partial charge in [-0.15, -0.1) is 0 Å². The third-order valence-corrected chi connectivity index (χ3v) is 2.32. The van der Waals surface area contributed by atoms with E-state index in [4.69, 9.17) is 5.11 Å². The van der Waals surface area contributed by atoms with E-state index in [1.165, 1.54) is 0 Å². The number of nitrogens with zero attached hydrogens (tertiary/aromatic N) is 1. The summed E-state index contributed by atoms with van der Waals surface area (Å²) in [4.78, 5) is 12.6. The van der Waals surface area contributed by atoms with Gasteiger partial charge < -0.3 is 10.0 Å². The van der Waals surface area contributed by atoms with Crippen LogP contribution in [0.5, 0.6) is 0 Å². The van der Waals surface area contributed by atoms with Crippen LogP contribution in [0, 0.1) is 0 Å². The lowest BCUT2D eigenvalue weighted by atomic mass is 10.1. The van der Waals surface area contributed by atoms with Crippen LogP contribution in [0.15, 0.2) is 0 Å². The summed E-state index contributed by atoms with van der Waals surface area (Å²) in [6.07, 6.45) is 2.53. The number of hydrogen-bond acceptors (Lipinski definition) is 2. The highest BCUT2D eigenvalue weighted by Crippen LogP contribution is 2.18. The van der Waals surface area contributed by atoms with Gasteiger partial charge in [0.2, 0.25) is 0 Å². The molecule has 0 saturated carbocycles. The monoisotopic (exact) mass is 157 g/mol. The minimum atomic E-state index is -0.671. The Morgan fingerprint density at radius 2 is 2.45 bits per heavy atom. The predicted octanol–water partition coefficient (Wildman–Crippen LogP) is 0.945. The number of likely N-dealkylation sites (tertiary alicyclic amines) is 1. The molecule has 0 aromatic rings. The second kappa shape index (κ2) is 3.72. The molecule has 0 bridgehead atoms. The predicted molar refractivity (Wildman–Crippen MR) is 42.5 cm³/mol. The summed E-state index contributed by atoms with van der Waals surface area (Å²) < 4.78 is 0. The SMILES string of the molecule is CCN1CCCC1CC(=O)O. The Kier molecular flexibility index (Phi) is 2.88. The molecule has 11 heavy (non-hydrogen) atoms. The molecule has 1 aliphatic heterocycles. The first-order chi connectivity index (χ1) is 5.24. The van der Waals surface area contributed by atoms with E-state index in [0.717, 1.165) is 25.9 Å². The molecule has 3 heteroatoms. The average Bonchev–Trinajstić information content (AvgIpc) is 2.34. The van der Waals surface area contributed by atoms with Crippen LogP contribution in [0.3, 0.4) is 0 Å². The zero-order valence-electron chi connectivity index (χ0n) is 6.92. The van der Waals surface area contributed by atoms with E-state index >= 15 is 0 Å². The Hall–Kier alpha value is -0.570. The van der Waals surface area contributed by atoms with Gasteiger partial charge in [0.1, 0.15) is 0 Å². The van der Waals surface area contributed by atoms with Crippen LogP contribution in [-0.2, 0) is 4.79 Å². The van der Waals surface area contributed by atoms with Gasteiger partial charge in [-0.1, -0.05) is 6.92 Å². The van der Waals surface area contributed by atoms with Crippen molar-refractivity contribution >= 4 is 5.97 Å². The highest BCUT2D eigenvalue weighted by molar-refractivity contribution is 5.67. The fraction of sp³-hybridized carbons (Fsp3) is 0.875. The topological polar surface area (TPSA) is 40.5 Å². The summed E-state index contributed by atoms with van der Waals surface area (Å²) in [6, 6.07) is 0.303. The Morgan fingerprint density at radius 3 is 3.00 bits per heavy atom. The Balaban J connectivity index is 2.37. The minimum Gasteiger partial charge on any atom is -0.481 e. The van der Waals surface area contributed by atoms with Crippen LogP contribution in [0.1, 0.15) is 26.2 Å². The maximum atomic E-state index is 10.4. The van der Waals surface area contributed by atoms with Gasteiger partial charge in [0, 0.05) is 6.04 Å². The van der Waals surface area contributed by atoms with E-state index < -0.39 is 5.97 Å². The van der Waals surface area contributed by atoms with Crippen molar-refractivity contribution in [3.63, 3.8) is 0 Å². The summed E-state index contributed by atoms with van der Waals surface area (Å²) in [6.45, 7) is 4.15. The highest BCUT2D eigenvalue weighted by atomic mass is 16.4. The second-order valence-corrected chi connectivity index (χ2v) is 3.02. The Labute approximate surface area is 67.0 Å². The number of carbonyl (C=O) groups is 1. The molecule has 1 N–H and O–H groups in total. The van der Waals surface area contributed by atoms with E-state index in [0.29, 0.717) is 12.5 Å². The lowest BCUT2D eigenvalue weighted by Crippen LogP contribution is -2.30. The van der Waals surface area contributed by atoms with Crippen molar-refractivity contribution in [3.05, 3.63) is 0 Å². The smallest absolute Gasteiger partial charge is 0.304 e. The van der Waals surface area contributed by atoms with E-state index in [-0.39, 0.29) is 0 Å². The lowest BCUT2D eigenvalue weighted by molar-refractivity contribution is -0.138. The van der Waals surface area contributed by atoms with Crippen molar-refractivity contribution in [1.29, 1.82) is 0 Å². The molecular formula is C8H15NO2. The molecule has 1 unspecified atom stereocenters. The van der Waals surface area contributed by atoms with Gasteiger partial charge in [-0.2, -0.15) is 0 Å². The Morgan fingerprint density at radius 1 is 1.73 bits per heavy atom. The summed E-state index contributed by atoms with van der Waals surface area (Å²) in [5.41, 5.74) is 0. The zero-order chi connectivity index (χ0) is 8.27. The van der Waals surface area contributed by atoms with Crippen molar-refractivity contribution in [1.82, 2.24) is 4.90 Å². The van der Waals surface area contributed by atoms with Crippen LogP contribution in [0.25, 0.3) is 0 Å². The molecular weight excluding hydrogens is 142 g/mol. The number of rotatable bonds is 3. The first kappa shape index (κ1) is 8.53. The maximum Gasteiger partial charge on any atom is 0.304 e. The van der Waals surface area contributed by atoms with Crippen molar-refractivity contribution in [2.45, 2.75) is 32.2 Å². The summed E-state index contributed by atoms with van der Waals surface area (Å²) in [5.74, 6) is -0.671. The third-order valence-electron chi connectivity index (χ3n) is 2.32. The molecule has 0 radical (unpaired) electrons. The standard InChI is InChI=1S/C8H15NO2/c1-2-9-5-3-4-7(9)6-8(10)11/h7H,2-6H2,1H3,(H,10,11). The van der Waals surface area contributed by atoms with Crippen molar-refractivity contribution in [2.75, 3.05) is 13.1 Å². The minimum absolute atomic E-state index is 0.303. The first-order valence-corrected chi connectivity index (χ1v) is 4.20. The molecule has 1 aliphatic rings. The van der Waals surface area contributed by atoms with E-state index in [1.54, 1.807) is 0 Å². The van der Waals surface area contributed by atoms with Gasteiger partial charge in [-0.3, -0.25) is 4.79 Å². The number of carboxylic acid groups (broad SMARTS) is 1. The first-order valence-electron chi connectivity index (χ1n) is 4.20. The van der Waals surface area contributed by atoms with Gasteiger partial charge in [-0.25, -0.2) is 0 Å². The fourth-order valence-electron chi connectivity index (χ4n) is 1.74. The van der Waals surface area contributed by atoms with Crippen LogP contribution in [-0.4, -0.2) is 35.1 Å². The van der Waals surface area contributed by atoms with Gasteiger partial charge >= 0.3 is 5.97 Å². The van der Waals surface area contributed by atoms with E-state index in [1.807, 2.05) is 0 Å². The van der Waals surface area contributed by atoms with Crippen LogP contribution in [0.2, 0.25) is 0 Å². The molecule has 0 spiro atoms. The molecule has 0 aromatic heterocycles. The summed E-state index contributed by atoms with van der Waals surface area (Å²) in [7, 11) is 0. The molecule has 0 amide bonds. The van der Waals surface area contributed by atoms with Gasteiger partial charge in [0.15, 0.2) is 0 Å². The van der Waals surface area contributed by atoms with Crippen LogP contribution in [0.4, 0.5) is 0 Å². The van der Waals surface area contributed by atoms with Gasteiger partial charge in [-0.05, 0) is 25.9 Å². The molecule has 64 valence electrons. The van der Waals surface area contributed by atoms with Crippen molar-refractivity contribution in [2.24, 2.45) is 0 Å². The molecule has 3 nitrogen and oxygen atoms in total. The van der Waals surface area contributed by atoms with Gasteiger partial charge in [0.25, 0.3) is 0 Å². The summed E-state index contributed by atoms with van der Waals surface area (Å²) in [5, 5.41) is 8.56. The number of carboxylic acids is 1.